The molecule has 1 atom stereocenters. The lowest BCUT2D eigenvalue weighted by Crippen LogP contribution is -2.46. The number of carbonyl (C=O) groups excluding carboxylic acids is 2. The van der Waals surface area contributed by atoms with Crippen molar-refractivity contribution >= 4 is 11.7 Å². The van der Waals surface area contributed by atoms with Crippen LogP contribution in [-0.4, -0.2) is 42.8 Å². The van der Waals surface area contributed by atoms with E-state index in [9.17, 15) is 9.59 Å². The summed E-state index contributed by atoms with van der Waals surface area (Å²) in [6, 6.07) is -0.138. The number of likely N-dealkylation sites (tertiary alicyclic amines) is 1. The number of Topliss-reactive ketones (excluding diaryl/α,β-unsaturated/α-hetero) is 1. The maximum Gasteiger partial charge on any atom is 0.240 e. The zero-order valence-corrected chi connectivity index (χ0v) is 10.7. The van der Waals surface area contributed by atoms with Gasteiger partial charge in [0, 0.05) is 6.54 Å². The van der Waals surface area contributed by atoms with E-state index < -0.39 is 0 Å². The molecule has 0 aromatic rings. The second-order valence-corrected chi connectivity index (χ2v) is 5.44. The van der Waals surface area contributed by atoms with Gasteiger partial charge in [0.2, 0.25) is 5.91 Å². The maximum absolute atomic E-state index is 12.1. The Morgan fingerprint density at radius 1 is 1.56 bits per heavy atom. The van der Waals surface area contributed by atoms with Crippen LogP contribution in [0.3, 0.4) is 0 Å². The van der Waals surface area contributed by atoms with E-state index in [1.165, 1.54) is 6.92 Å². The molecule has 1 amide bonds. The monoisotopic (exact) mass is 226 g/mol. The van der Waals surface area contributed by atoms with E-state index in [1.807, 2.05) is 0 Å². The number of amides is 1. The van der Waals surface area contributed by atoms with Crippen molar-refractivity contribution in [3.63, 3.8) is 0 Å². The molecule has 16 heavy (non-hydrogen) atoms. The average molecular weight is 226 g/mol. The van der Waals surface area contributed by atoms with Gasteiger partial charge in [-0.05, 0) is 32.2 Å². The van der Waals surface area contributed by atoms with Gasteiger partial charge < -0.3 is 10.2 Å². The molecule has 1 aliphatic rings. The van der Waals surface area contributed by atoms with Crippen LogP contribution in [0.1, 0.15) is 33.6 Å². The summed E-state index contributed by atoms with van der Waals surface area (Å²) in [5, 5.41) is 3.03. The molecule has 0 aromatic carbocycles. The summed E-state index contributed by atoms with van der Waals surface area (Å²) in [5.74, 6) is 0.101. The summed E-state index contributed by atoms with van der Waals surface area (Å²) in [5.41, 5.74) is 0.0940. The molecule has 1 N–H and O–H groups in total. The Morgan fingerprint density at radius 3 is 2.69 bits per heavy atom. The summed E-state index contributed by atoms with van der Waals surface area (Å²) < 4.78 is 0. The molecule has 1 unspecified atom stereocenters. The van der Waals surface area contributed by atoms with Crippen LogP contribution in [0, 0.1) is 5.41 Å². The van der Waals surface area contributed by atoms with E-state index in [0.717, 1.165) is 12.8 Å². The minimum atomic E-state index is -0.138. The molecule has 0 saturated carbocycles. The number of rotatable bonds is 3. The third kappa shape index (κ3) is 3.30. The fraction of sp³-hybridized carbons (Fsp3) is 0.833. The lowest BCUT2D eigenvalue weighted by Gasteiger charge is -2.29. The zero-order chi connectivity index (χ0) is 12.3. The molecule has 1 fully saturated rings. The Hall–Kier alpha value is -0.900. The third-order valence-corrected chi connectivity index (χ3v) is 3.10. The molecule has 0 radical (unpaired) electrons. The number of carbonyl (C=O) groups is 2. The van der Waals surface area contributed by atoms with Gasteiger partial charge in [-0.1, -0.05) is 13.8 Å². The topological polar surface area (TPSA) is 49.4 Å². The quantitative estimate of drug-likeness (QED) is 0.775. The molecular weight excluding hydrogens is 204 g/mol. The zero-order valence-electron chi connectivity index (χ0n) is 10.7. The van der Waals surface area contributed by atoms with Crippen molar-refractivity contribution in [1.82, 2.24) is 10.2 Å². The first-order valence-corrected chi connectivity index (χ1v) is 5.81. The Bertz CT molecular complexity index is 287. The number of nitrogens with one attached hydrogen (secondary N) is 1. The van der Waals surface area contributed by atoms with Gasteiger partial charge in [-0.3, -0.25) is 9.59 Å². The van der Waals surface area contributed by atoms with Crippen LogP contribution < -0.4 is 5.32 Å². The second kappa shape index (κ2) is 4.95. The highest BCUT2D eigenvalue weighted by Gasteiger charge is 2.34. The number of likely N-dealkylation sites (N-methyl/N-ethyl adjacent to an activating group) is 1. The Morgan fingerprint density at radius 2 is 2.19 bits per heavy atom. The van der Waals surface area contributed by atoms with Crippen molar-refractivity contribution < 1.29 is 9.59 Å². The molecule has 1 rings (SSSR count). The predicted octanol–water partition coefficient (Wildman–Crippen LogP) is 0.812. The lowest BCUT2D eigenvalue weighted by molar-refractivity contribution is -0.136. The number of hydrogen-bond donors (Lipinski definition) is 1. The van der Waals surface area contributed by atoms with Gasteiger partial charge in [0.15, 0.2) is 0 Å². The molecule has 92 valence electrons. The van der Waals surface area contributed by atoms with Gasteiger partial charge in [-0.25, -0.2) is 0 Å². The average Bonchev–Trinajstić information content (AvgIpc) is 2.24. The normalized spacial score (nSPS) is 25.4. The molecule has 4 heteroatoms. The molecule has 0 aromatic heterocycles. The molecule has 0 bridgehead atoms. The fourth-order valence-electron chi connectivity index (χ4n) is 2.22. The van der Waals surface area contributed by atoms with Gasteiger partial charge in [-0.15, -0.1) is 0 Å². The van der Waals surface area contributed by atoms with Gasteiger partial charge in [0.25, 0.3) is 0 Å². The van der Waals surface area contributed by atoms with Crippen molar-refractivity contribution in [1.29, 1.82) is 0 Å². The van der Waals surface area contributed by atoms with Gasteiger partial charge in [0.05, 0.1) is 12.6 Å². The fourth-order valence-corrected chi connectivity index (χ4v) is 2.22. The maximum atomic E-state index is 12.1. The van der Waals surface area contributed by atoms with E-state index >= 15 is 0 Å². The highest BCUT2D eigenvalue weighted by Crippen LogP contribution is 2.28. The first-order chi connectivity index (χ1) is 7.35. The second-order valence-electron chi connectivity index (χ2n) is 5.44. The summed E-state index contributed by atoms with van der Waals surface area (Å²) in [6.45, 7) is 6.72. The smallest absolute Gasteiger partial charge is 0.240 e. The minimum absolute atomic E-state index is 0.0425. The first-order valence-electron chi connectivity index (χ1n) is 5.81. The van der Waals surface area contributed by atoms with Crippen molar-refractivity contribution in [2.75, 3.05) is 20.1 Å². The molecule has 4 nitrogen and oxygen atoms in total. The van der Waals surface area contributed by atoms with Crippen LogP contribution >= 0.6 is 0 Å². The molecule has 1 aliphatic heterocycles. The van der Waals surface area contributed by atoms with Crippen molar-refractivity contribution in [2.45, 2.75) is 39.7 Å². The summed E-state index contributed by atoms with van der Waals surface area (Å²) in [7, 11) is 1.80. The third-order valence-electron chi connectivity index (χ3n) is 3.10. The van der Waals surface area contributed by atoms with Crippen molar-refractivity contribution in [2.24, 2.45) is 5.41 Å². The van der Waals surface area contributed by atoms with E-state index in [0.29, 0.717) is 6.54 Å². The van der Waals surface area contributed by atoms with E-state index in [1.54, 1.807) is 11.9 Å². The number of nitrogens with zero attached hydrogens (tertiary/aromatic N) is 1. The Kier molecular flexibility index (Phi) is 4.08. The summed E-state index contributed by atoms with van der Waals surface area (Å²) in [4.78, 5) is 25.0. The first kappa shape index (κ1) is 13.2. The molecule has 1 saturated heterocycles. The van der Waals surface area contributed by atoms with Crippen LogP contribution in [0.5, 0.6) is 0 Å². The number of hydrogen-bond acceptors (Lipinski definition) is 3. The lowest BCUT2D eigenvalue weighted by atomic mass is 9.87. The van der Waals surface area contributed by atoms with Gasteiger partial charge in [-0.2, -0.15) is 0 Å². The Balaban J connectivity index is 2.84. The van der Waals surface area contributed by atoms with E-state index in [4.69, 9.17) is 0 Å². The van der Waals surface area contributed by atoms with Crippen LogP contribution in [0.25, 0.3) is 0 Å². The number of ketones is 1. The largest absolute Gasteiger partial charge is 0.333 e. The van der Waals surface area contributed by atoms with Gasteiger partial charge in [0.1, 0.15) is 5.78 Å². The SMILES string of the molecule is CNC1CCC(C)(C)CN(CC(C)=O)C1=O. The minimum Gasteiger partial charge on any atom is -0.333 e. The van der Waals surface area contributed by atoms with Crippen molar-refractivity contribution in [3.8, 4) is 0 Å². The molecule has 0 aliphatic carbocycles. The molecular formula is C12H22N2O2. The highest BCUT2D eigenvalue weighted by atomic mass is 16.2. The molecule has 1 heterocycles. The van der Waals surface area contributed by atoms with E-state index in [-0.39, 0.29) is 29.7 Å². The van der Waals surface area contributed by atoms with E-state index in [2.05, 4.69) is 19.2 Å². The Labute approximate surface area is 97.4 Å². The van der Waals surface area contributed by atoms with Gasteiger partial charge >= 0.3 is 0 Å². The highest BCUT2D eigenvalue weighted by molar-refractivity contribution is 5.87. The van der Waals surface area contributed by atoms with Crippen LogP contribution in [0.15, 0.2) is 0 Å². The van der Waals surface area contributed by atoms with Crippen LogP contribution in [0.2, 0.25) is 0 Å². The van der Waals surface area contributed by atoms with Crippen LogP contribution in [-0.2, 0) is 9.59 Å². The standard InChI is InChI=1S/C12H22N2O2/c1-9(15)7-14-8-12(2,3)6-5-10(13-4)11(14)16/h10,13H,5-8H2,1-4H3. The summed E-state index contributed by atoms with van der Waals surface area (Å²) in [6.07, 6.45) is 1.84. The van der Waals surface area contributed by atoms with Crippen LogP contribution in [0.4, 0.5) is 0 Å². The molecule has 0 spiro atoms. The van der Waals surface area contributed by atoms with Crippen molar-refractivity contribution in [3.05, 3.63) is 0 Å². The predicted molar refractivity (Wildman–Crippen MR) is 63.1 cm³/mol. The summed E-state index contributed by atoms with van der Waals surface area (Å²) >= 11 is 0.